The average molecular weight is 658 g/mol. The van der Waals surface area contributed by atoms with E-state index in [1.165, 1.54) is 0 Å². The number of aromatic nitrogens is 2. The molecule has 254 valence electrons. The van der Waals surface area contributed by atoms with Gasteiger partial charge in [0.15, 0.2) is 0 Å². The third kappa shape index (κ3) is 8.60. The molecule has 0 atom stereocenters. The van der Waals surface area contributed by atoms with Crippen molar-refractivity contribution < 1.29 is 37.8 Å². The molecule has 1 amide bonds. The number of hydrogen-bond donors (Lipinski definition) is 1. The van der Waals surface area contributed by atoms with E-state index in [1.807, 2.05) is 77.1 Å². The van der Waals surface area contributed by atoms with E-state index in [0.29, 0.717) is 56.7 Å². The quantitative estimate of drug-likeness (QED) is 0.100. The van der Waals surface area contributed by atoms with Crippen LogP contribution in [0.15, 0.2) is 65.2 Å². The normalized spacial score (nSPS) is 11.8. The average Bonchev–Trinajstić information content (AvgIpc) is 3.53. The molecular formula is C37H43N3O8. The van der Waals surface area contributed by atoms with Gasteiger partial charge in [-0.2, -0.15) is 0 Å². The van der Waals surface area contributed by atoms with Crippen molar-refractivity contribution in [1.29, 1.82) is 0 Å². The van der Waals surface area contributed by atoms with Gasteiger partial charge < -0.3 is 38.5 Å². The highest BCUT2D eigenvalue weighted by molar-refractivity contribution is 6.19. The number of primary amides is 1. The van der Waals surface area contributed by atoms with Crippen LogP contribution in [0.3, 0.4) is 0 Å². The Morgan fingerprint density at radius 1 is 0.854 bits per heavy atom. The SMILES string of the molecule is Cc1noc(C)c1-c1cc(C(N)=O)c2c3cc(OCCOCCOCCOCC(=O)OC(C)(C)C)ccc3n(Cc3ccccc3)c2c1. The molecule has 5 aromatic rings. The van der Waals surface area contributed by atoms with E-state index in [1.54, 1.807) is 0 Å². The zero-order chi connectivity index (χ0) is 34.3. The van der Waals surface area contributed by atoms with Crippen molar-refractivity contribution >= 4 is 33.7 Å². The zero-order valence-corrected chi connectivity index (χ0v) is 28.2. The van der Waals surface area contributed by atoms with Crippen molar-refractivity contribution in [2.75, 3.05) is 46.2 Å². The van der Waals surface area contributed by atoms with Crippen LogP contribution in [0, 0.1) is 13.8 Å². The van der Waals surface area contributed by atoms with Gasteiger partial charge in [0.05, 0.1) is 44.2 Å². The second-order valence-corrected chi connectivity index (χ2v) is 12.4. The summed E-state index contributed by atoms with van der Waals surface area (Å²) < 4.78 is 35.3. The van der Waals surface area contributed by atoms with E-state index >= 15 is 0 Å². The van der Waals surface area contributed by atoms with Crippen LogP contribution in [0.25, 0.3) is 32.9 Å². The highest BCUT2D eigenvalue weighted by Crippen LogP contribution is 2.39. The topological polar surface area (TPSA) is 137 Å². The molecule has 48 heavy (non-hydrogen) atoms. The number of carbonyl (C=O) groups is 2. The first-order chi connectivity index (χ1) is 23.0. The lowest BCUT2D eigenvalue weighted by Gasteiger charge is -2.19. The number of hydrogen-bond acceptors (Lipinski definition) is 9. The van der Waals surface area contributed by atoms with Gasteiger partial charge in [0.25, 0.3) is 0 Å². The van der Waals surface area contributed by atoms with Crippen LogP contribution >= 0.6 is 0 Å². The fraction of sp³-hybridized carbons (Fsp3) is 0.378. The largest absolute Gasteiger partial charge is 0.491 e. The van der Waals surface area contributed by atoms with E-state index in [4.69, 9.17) is 33.9 Å². The van der Waals surface area contributed by atoms with Gasteiger partial charge in [-0.15, -0.1) is 0 Å². The molecule has 0 radical (unpaired) electrons. The number of esters is 1. The van der Waals surface area contributed by atoms with Gasteiger partial charge in [-0.05, 0) is 76.1 Å². The molecule has 5 rings (SSSR count). The molecule has 3 aromatic carbocycles. The predicted molar refractivity (Wildman–Crippen MR) is 182 cm³/mol. The van der Waals surface area contributed by atoms with E-state index in [-0.39, 0.29) is 13.2 Å². The lowest BCUT2D eigenvalue weighted by Crippen LogP contribution is -2.27. The molecular weight excluding hydrogens is 614 g/mol. The summed E-state index contributed by atoms with van der Waals surface area (Å²) in [5, 5.41) is 5.75. The zero-order valence-electron chi connectivity index (χ0n) is 28.2. The molecule has 2 aromatic heterocycles. The molecule has 0 aliphatic heterocycles. The summed E-state index contributed by atoms with van der Waals surface area (Å²) in [6.07, 6.45) is 0. The monoisotopic (exact) mass is 657 g/mol. The second-order valence-electron chi connectivity index (χ2n) is 12.4. The van der Waals surface area contributed by atoms with Crippen LogP contribution in [-0.4, -0.2) is 73.4 Å². The lowest BCUT2D eigenvalue weighted by atomic mass is 9.97. The number of benzene rings is 3. The molecule has 0 aliphatic rings. The molecule has 0 bridgehead atoms. The van der Waals surface area contributed by atoms with Crippen LogP contribution in [-0.2, 0) is 30.3 Å². The first-order valence-corrected chi connectivity index (χ1v) is 16.0. The molecule has 0 saturated carbocycles. The molecule has 11 heteroatoms. The Bertz CT molecular complexity index is 1850. The summed E-state index contributed by atoms with van der Waals surface area (Å²) in [6.45, 7) is 11.7. The minimum atomic E-state index is -0.537. The molecule has 0 aliphatic carbocycles. The molecule has 2 N–H and O–H groups in total. The van der Waals surface area contributed by atoms with Crippen LogP contribution in [0.4, 0.5) is 0 Å². The second kappa shape index (κ2) is 15.5. The summed E-state index contributed by atoms with van der Waals surface area (Å²) >= 11 is 0. The number of rotatable bonds is 16. The maximum atomic E-state index is 12.9. The van der Waals surface area contributed by atoms with Crippen molar-refractivity contribution in [3.63, 3.8) is 0 Å². The summed E-state index contributed by atoms with van der Waals surface area (Å²) in [5.41, 5.74) is 11.2. The number of nitrogens with zero attached hydrogens (tertiary/aromatic N) is 2. The summed E-state index contributed by atoms with van der Waals surface area (Å²) in [7, 11) is 0. The molecule has 0 unspecified atom stereocenters. The Hall–Kier alpha value is -4.71. The number of fused-ring (bicyclic) bond motifs is 3. The van der Waals surface area contributed by atoms with E-state index in [2.05, 4.69) is 27.9 Å². The van der Waals surface area contributed by atoms with Gasteiger partial charge in [-0.1, -0.05) is 35.5 Å². The molecule has 0 fully saturated rings. The van der Waals surface area contributed by atoms with E-state index in [9.17, 15) is 9.59 Å². The molecule has 2 heterocycles. The van der Waals surface area contributed by atoms with Gasteiger partial charge in [-0.25, -0.2) is 4.79 Å². The first-order valence-electron chi connectivity index (χ1n) is 16.0. The van der Waals surface area contributed by atoms with Gasteiger partial charge in [0.2, 0.25) is 5.91 Å². The Balaban J connectivity index is 1.25. The predicted octanol–water partition coefficient (Wildman–Crippen LogP) is 5.98. The van der Waals surface area contributed by atoms with E-state index < -0.39 is 17.5 Å². The van der Waals surface area contributed by atoms with Crippen LogP contribution in [0.2, 0.25) is 0 Å². The van der Waals surface area contributed by atoms with E-state index in [0.717, 1.165) is 44.2 Å². The number of aryl methyl sites for hydroxylation is 2. The lowest BCUT2D eigenvalue weighted by molar-refractivity contribution is -0.160. The van der Waals surface area contributed by atoms with Crippen LogP contribution < -0.4 is 10.5 Å². The Labute approximate surface area is 279 Å². The Morgan fingerprint density at radius 3 is 2.19 bits per heavy atom. The standard InChI is InChI=1S/C37H43N3O8/c1-24-34(25(2)48-39-24)27-19-30(36(38)42)35-29-21-28(11-12-31(29)40(32(35)20-27)22-26-9-7-6-8-10-26)46-18-17-44-14-13-43-15-16-45-23-33(41)47-37(3,4)5/h6-12,19-21H,13-18,22-23H2,1-5H3,(H2,38,42). The van der Waals surface area contributed by atoms with Gasteiger partial charge >= 0.3 is 5.97 Å². The first kappa shape index (κ1) is 34.6. The molecule has 0 spiro atoms. The van der Waals surface area contributed by atoms with Crippen LogP contribution in [0.1, 0.15) is 48.1 Å². The Morgan fingerprint density at radius 2 is 1.54 bits per heavy atom. The van der Waals surface area contributed by atoms with Crippen molar-refractivity contribution in [2.45, 2.75) is 46.8 Å². The van der Waals surface area contributed by atoms with Crippen molar-refractivity contribution in [3.05, 3.63) is 83.2 Å². The third-order valence-electron chi connectivity index (χ3n) is 7.59. The Kier molecular flexibility index (Phi) is 11.2. The summed E-state index contributed by atoms with van der Waals surface area (Å²) in [6, 6.07) is 19.9. The summed E-state index contributed by atoms with van der Waals surface area (Å²) in [4.78, 5) is 24.6. The smallest absolute Gasteiger partial charge is 0.332 e. The van der Waals surface area contributed by atoms with Crippen LogP contribution in [0.5, 0.6) is 5.75 Å². The fourth-order valence-corrected chi connectivity index (χ4v) is 5.65. The highest BCUT2D eigenvalue weighted by atomic mass is 16.6. The maximum absolute atomic E-state index is 12.9. The minimum absolute atomic E-state index is 0.110. The van der Waals surface area contributed by atoms with Crippen molar-refractivity contribution in [2.24, 2.45) is 5.73 Å². The fourth-order valence-electron chi connectivity index (χ4n) is 5.65. The highest BCUT2D eigenvalue weighted by Gasteiger charge is 2.22. The van der Waals surface area contributed by atoms with Gasteiger partial charge in [-0.3, -0.25) is 4.79 Å². The minimum Gasteiger partial charge on any atom is -0.491 e. The number of carbonyl (C=O) groups excluding carboxylic acids is 2. The summed E-state index contributed by atoms with van der Waals surface area (Å²) in [5.74, 6) is 0.387. The molecule has 11 nitrogen and oxygen atoms in total. The molecule has 0 saturated heterocycles. The van der Waals surface area contributed by atoms with Crippen molar-refractivity contribution in [3.8, 4) is 16.9 Å². The van der Waals surface area contributed by atoms with Gasteiger partial charge in [0, 0.05) is 34.0 Å². The number of amides is 1. The van der Waals surface area contributed by atoms with Gasteiger partial charge in [0.1, 0.15) is 30.3 Å². The van der Waals surface area contributed by atoms with Crippen molar-refractivity contribution in [1.82, 2.24) is 9.72 Å². The third-order valence-corrected chi connectivity index (χ3v) is 7.59. The number of ether oxygens (including phenoxy) is 5. The maximum Gasteiger partial charge on any atom is 0.332 e. The number of nitrogens with two attached hydrogens (primary N) is 1.